The molecule has 9 heteroatoms. The summed E-state index contributed by atoms with van der Waals surface area (Å²) >= 11 is 6.50. The van der Waals surface area contributed by atoms with Crippen molar-refractivity contribution in [1.82, 2.24) is 18.9 Å². The zero-order valence-electron chi connectivity index (χ0n) is 18.6. The number of amides is 1. The van der Waals surface area contributed by atoms with Gasteiger partial charge in [0.1, 0.15) is 10.8 Å². The van der Waals surface area contributed by atoms with E-state index in [1.807, 2.05) is 39.8 Å². The second kappa shape index (κ2) is 8.14. The van der Waals surface area contributed by atoms with Gasteiger partial charge >= 0.3 is 6.18 Å². The van der Waals surface area contributed by atoms with E-state index in [9.17, 15) is 18.0 Å². The third-order valence-corrected chi connectivity index (χ3v) is 6.09. The Kier molecular flexibility index (Phi) is 5.77. The van der Waals surface area contributed by atoms with E-state index < -0.39 is 23.5 Å². The van der Waals surface area contributed by atoms with Crippen LogP contribution >= 0.6 is 11.6 Å². The van der Waals surface area contributed by atoms with Gasteiger partial charge in [0, 0.05) is 19.3 Å². The first-order valence-electron chi connectivity index (χ1n) is 10.8. The first-order chi connectivity index (χ1) is 15.0. The van der Waals surface area contributed by atoms with Crippen LogP contribution in [0.1, 0.15) is 59.1 Å². The first-order valence-corrected chi connectivity index (χ1v) is 11.1. The Labute approximate surface area is 189 Å². The fraction of sp³-hybridized carbons (Fsp3) is 0.478. The zero-order valence-corrected chi connectivity index (χ0v) is 19.3. The third kappa shape index (κ3) is 4.00. The van der Waals surface area contributed by atoms with Crippen LogP contribution in [0.15, 0.2) is 18.3 Å². The minimum absolute atomic E-state index is 0.0244. The summed E-state index contributed by atoms with van der Waals surface area (Å²) in [5, 5.41) is 0.189. The highest BCUT2D eigenvalue weighted by Gasteiger charge is 2.42. The van der Waals surface area contributed by atoms with Crippen molar-refractivity contribution in [3.05, 3.63) is 51.6 Å². The van der Waals surface area contributed by atoms with Crippen LogP contribution in [-0.4, -0.2) is 37.8 Å². The number of fused-ring (bicyclic) bond motifs is 1. The van der Waals surface area contributed by atoms with Crippen LogP contribution in [-0.2, 0) is 6.18 Å². The molecule has 0 atom stereocenters. The van der Waals surface area contributed by atoms with Crippen LogP contribution in [0.2, 0.25) is 5.15 Å². The number of halogens is 4. The molecule has 0 N–H and O–H groups in total. The average Bonchev–Trinajstić information content (AvgIpc) is 3.34. The Morgan fingerprint density at radius 2 is 1.84 bits per heavy atom. The summed E-state index contributed by atoms with van der Waals surface area (Å²) in [7, 11) is 0. The van der Waals surface area contributed by atoms with Gasteiger partial charge in [0.2, 0.25) is 5.78 Å². The molecule has 0 radical (unpaired) electrons. The van der Waals surface area contributed by atoms with E-state index in [1.54, 1.807) is 0 Å². The van der Waals surface area contributed by atoms with E-state index >= 15 is 0 Å². The van der Waals surface area contributed by atoms with Gasteiger partial charge in [-0.2, -0.15) is 13.2 Å². The van der Waals surface area contributed by atoms with Gasteiger partial charge in [-0.1, -0.05) is 36.2 Å². The molecule has 1 amide bonds. The number of hydrogen-bond donors (Lipinski definition) is 0. The minimum atomic E-state index is -4.77. The second-order valence-electron chi connectivity index (χ2n) is 8.71. The lowest BCUT2D eigenvalue weighted by Crippen LogP contribution is -2.35. The lowest BCUT2D eigenvalue weighted by molar-refractivity contribution is -0.141. The lowest BCUT2D eigenvalue weighted by Gasteiger charge is -2.22. The second-order valence-corrected chi connectivity index (χ2v) is 9.09. The largest absolute Gasteiger partial charge is 0.435 e. The Morgan fingerprint density at radius 3 is 2.38 bits per heavy atom. The van der Waals surface area contributed by atoms with Crippen molar-refractivity contribution in [1.29, 1.82) is 0 Å². The number of carbonyl (C=O) groups is 1. The van der Waals surface area contributed by atoms with E-state index in [2.05, 4.69) is 4.98 Å². The van der Waals surface area contributed by atoms with Crippen LogP contribution in [0.3, 0.4) is 0 Å². The number of hydrogen-bond acceptors (Lipinski definition) is 2. The smallest absolute Gasteiger partial charge is 0.337 e. The lowest BCUT2D eigenvalue weighted by atomic mass is 10.1. The zero-order chi connectivity index (χ0) is 23.4. The van der Waals surface area contributed by atoms with Crippen molar-refractivity contribution in [2.45, 2.75) is 53.1 Å². The molecule has 0 unspecified atom stereocenters. The van der Waals surface area contributed by atoms with Gasteiger partial charge in [-0.25, -0.2) is 4.98 Å². The molecule has 0 saturated heterocycles. The van der Waals surface area contributed by atoms with Crippen LogP contribution in [0.25, 0.3) is 11.5 Å². The highest BCUT2D eigenvalue weighted by molar-refractivity contribution is 6.30. The van der Waals surface area contributed by atoms with Crippen molar-refractivity contribution in [3.63, 3.8) is 0 Å². The molecule has 0 spiro atoms. The number of alkyl halides is 3. The molecule has 1 aliphatic carbocycles. The molecule has 1 aliphatic rings. The molecule has 0 bridgehead atoms. The van der Waals surface area contributed by atoms with E-state index in [0.717, 1.165) is 29.5 Å². The Balaban J connectivity index is 1.94. The van der Waals surface area contributed by atoms with E-state index in [0.29, 0.717) is 31.1 Å². The predicted molar refractivity (Wildman–Crippen MR) is 118 cm³/mol. The minimum Gasteiger partial charge on any atom is -0.337 e. The fourth-order valence-corrected chi connectivity index (χ4v) is 4.66. The van der Waals surface area contributed by atoms with Crippen molar-refractivity contribution < 1.29 is 18.0 Å². The van der Waals surface area contributed by atoms with Gasteiger partial charge in [0.15, 0.2) is 5.69 Å². The highest BCUT2D eigenvalue weighted by Crippen LogP contribution is 2.37. The van der Waals surface area contributed by atoms with Gasteiger partial charge in [0.05, 0.1) is 5.69 Å². The normalized spacial score (nSPS) is 14.4. The molecular formula is C23H26ClF3N4O. The van der Waals surface area contributed by atoms with Crippen molar-refractivity contribution in [2.24, 2.45) is 5.92 Å². The standard InChI is InChI=1S/C23H26ClF3N4O/c1-5-8-29(11-16-6-7-16)21(32)19-20(23(25,26)27)28-22-30(19)12-17(24)31(22)18-14(3)9-13(2)10-15(18)4/h9-10,12,16H,5-8,11H2,1-4H3. The summed E-state index contributed by atoms with van der Waals surface area (Å²) in [6.07, 6.45) is -0.772. The third-order valence-electron chi connectivity index (χ3n) is 5.83. The van der Waals surface area contributed by atoms with E-state index in [4.69, 9.17) is 11.6 Å². The SMILES string of the molecule is CCCN(CC1CC1)C(=O)c1c(C(F)(F)F)nc2n(-c3c(C)cc(C)cc3C)c(Cl)cn12. The van der Waals surface area contributed by atoms with Gasteiger partial charge in [-0.05, 0) is 57.1 Å². The van der Waals surface area contributed by atoms with Crippen LogP contribution in [0, 0.1) is 26.7 Å². The Morgan fingerprint density at radius 1 is 1.22 bits per heavy atom. The molecule has 3 aromatic rings. The van der Waals surface area contributed by atoms with Gasteiger partial charge in [0.25, 0.3) is 5.91 Å². The molecule has 5 nitrogen and oxygen atoms in total. The number of rotatable bonds is 6. The highest BCUT2D eigenvalue weighted by atomic mass is 35.5. The summed E-state index contributed by atoms with van der Waals surface area (Å²) in [6, 6.07) is 3.88. The van der Waals surface area contributed by atoms with Crippen LogP contribution < -0.4 is 0 Å². The summed E-state index contributed by atoms with van der Waals surface area (Å²) in [4.78, 5) is 18.8. The van der Waals surface area contributed by atoms with E-state index in [-0.39, 0.29) is 10.9 Å². The van der Waals surface area contributed by atoms with Crippen LogP contribution in [0.4, 0.5) is 13.2 Å². The molecule has 2 aromatic heterocycles. The van der Waals surface area contributed by atoms with Crippen molar-refractivity contribution in [2.75, 3.05) is 13.1 Å². The summed E-state index contributed by atoms with van der Waals surface area (Å²) in [6.45, 7) is 8.46. The molecule has 1 fully saturated rings. The van der Waals surface area contributed by atoms with Crippen molar-refractivity contribution in [3.8, 4) is 5.69 Å². The predicted octanol–water partition coefficient (Wildman–Crippen LogP) is 5.98. The van der Waals surface area contributed by atoms with Gasteiger partial charge < -0.3 is 4.90 Å². The fourth-order valence-electron chi connectivity index (χ4n) is 4.40. The Bertz CT molecular complexity index is 1170. The number of aryl methyl sites for hydroxylation is 3. The maximum absolute atomic E-state index is 14.0. The molecule has 2 heterocycles. The van der Waals surface area contributed by atoms with E-state index in [1.165, 1.54) is 20.1 Å². The average molecular weight is 467 g/mol. The number of imidazole rings is 2. The molecule has 172 valence electrons. The molecule has 1 aromatic carbocycles. The molecule has 1 saturated carbocycles. The number of benzene rings is 1. The maximum atomic E-state index is 14.0. The van der Waals surface area contributed by atoms with Gasteiger partial charge in [-0.3, -0.25) is 13.8 Å². The summed E-state index contributed by atoms with van der Waals surface area (Å²) < 4.78 is 44.7. The van der Waals surface area contributed by atoms with Crippen LogP contribution in [0.5, 0.6) is 0 Å². The quantitative estimate of drug-likeness (QED) is 0.448. The van der Waals surface area contributed by atoms with Crippen molar-refractivity contribution >= 4 is 23.3 Å². The number of nitrogens with zero attached hydrogens (tertiary/aromatic N) is 4. The topological polar surface area (TPSA) is 42.5 Å². The molecule has 32 heavy (non-hydrogen) atoms. The number of carbonyl (C=O) groups excluding carboxylic acids is 1. The number of aromatic nitrogens is 3. The molecular weight excluding hydrogens is 441 g/mol. The Hall–Kier alpha value is -2.48. The maximum Gasteiger partial charge on any atom is 0.435 e. The molecule has 4 rings (SSSR count). The first kappa shape index (κ1) is 22.7. The summed E-state index contributed by atoms with van der Waals surface area (Å²) in [5.41, 5.74) is 1.75. The molecule has 0 aliphatic heterocycles. The monoisotopic (exact) mass is 466 g/mol. The van der Waals surface area contributed by atoms with Gasteiger partial charge in [-0.15, -0.1) is 0 Å². The summed E-state index contributed by atoms with van der Waals surface area (Å²) in [5.74, 6) is -0.331.